The highest BCUT2D eigenvalue weighted by Gasteiger charge is 2.32. The molecule has 0 bridgehead atoms. The minimum Gasteiger partial charge on any atom is -0.334 e. The number of hydrogen-bond acceptors (Lipinski definition) is 2. The first kappa shape index (κ1) is 16.1. The number of carbonyl (C=O) groups is 1. The SMILES string of the molecule is O=C(NCc1ccnc(C(F)(F)F)c1)Nc1ccc(Cl)cc1. The Bertz CT molecular complexity index is 659. The number of alkyl halides is 3. The molecule has 0 aliphatic carbocycles. The standard InChI is InChI=1S/C14H11ClF3N3O/c15-10-1-3-11(4-2-10)21-13(22)20-8-9-5-6-19-12(7-9)14(16,17)18/h1-7H,8H2,(H2,20,21,22). The van der Waals surface area contributed by atoms with Crippen LogP contribution >= 0.6 is 11.6 Å². The van der Waals surface area contributed by atoms with Crippen LogP contribution < -0.4 is 10.6 Å². The largest absolute Gasteiger partial charge is 0.433 e. The van der Waals surface area contributed by atoms with Crippen LogP contribution in [0.2, 0.25) is 5.02 Å². The van der Waals surface area contributed by atoms with E-state index in [1.165, 1.54) is 6.07 Å². The number of anilines is 1. The Labute approximate surface area is 129 Å². The number of rotatable bonds is 3. The Hall–Kier alpha value is -2.28. The molecule has 0 aliphatic heterocycles. The molecule has 1 aromatic heterocycles. The summed E-state index contributed by atoms with van der Waals surface area (Å²) in [5.41, 5.74) is -0.175. The molecule has 4 nitrogen and oxygen atoms in total. The molecule has 2 N–H and O–H groups in total. The molecule has 0 aliphatic rings. The van der Waals surface area contributed by atoms with Crippen molar-refractivity contribution in [2.75, 3.05) is 5.32 Å². The van der Waals surface area contributed by atoms with E-state index in [1.54, 1.807) is 24.3 Å². The molecule has 0 saturated carbocycles. The minimum atomic E-state index is -4.51. The molecule has 2 aromatic rings. The maximum Gasteiger partial charge on any atom is 0.433 e. The van der Waals surface area contributed by atoms with Crippen molar-refractivity contribution in [1.29, 1.82) is 0 Å². The second kappa shape index (κ2) is 6.65. The van der Waals surface area contributed by atoms with Crippen LogP contribution in [0.25, 0.3) is 0 Å². The molecule has 0 atom stereocenters. The van der Waals surface area contributed by atoms with Gasteiger partial charge in [0.1, 0.15) is 5.69 Å². The van der Waals surface area contributed by atoms with Gasteiger partial charge in [0.2, 0.25) is 0 Å². The number of carbonyl (C=O) groups excluding carboxylic acids is 1. The Morgan fingerprint density at radius 2 is 1.86 bits per heavy atom. The summed E-state index contributed by atoms with van der Waals surface area (Å²) in [4.78, 5) is 14.9. The highest BCUT2D eigenvalue weighted by atomic mass is 35.5. The van der Waals surface area contributed by atoms with Gasteiger partial charge in [0.25, 0.3) is 0 Å². The van der Waals surface area contributed by atoms with Crippen LogP contribution in [0.5, 0.6) is 0 Å². The number of aromatic nitrogens is 1. The molecular formula is C14H11ClF3N3O. The predicted molar refractivity (Wildman–Crippen MR) is 76.5 cm³/mol. The van der Waals surface area contributed by atoms with E-state index in [2.05, 4.69) is 15.6 Å². The average molecular weight is 330 g/mol. The van der Waals surface area contributed by atoms with E-state index in [1.807, 2.05) is 0 Å². The maximum atomic E-state index is 12.5. The molecule has 0 spiro atoms. The van der Waals surface area contributed by atoms with E-state index in [9.17, 15) is 18.0 Å². The van der Waals surface area contributed by atoms with Gasteiger partial charge >= 0.3 is 12.2 Å². The lowest BCUT2D eigenvalue weighted by Gasteiger charge is -2.10. The molecule has 1 heterocycles. The van der Waals surface area contributed by atoms with E-state index in [-0.39, 0.29) is 6.54 Å². The summed E-state index contributed by atoms with van der Waals surface area (Å²) in [6.45, 7) is -0.0506. The molecule has 1 aromatic carbocycles. The summed E-state index contributed by atoms with van der Waals surface area (Å²) in [5, 5.41) is 5.53. The zero-order valence-electron chi connectivity index (χ0n) is 11.1. The van der Waals surface area contributed by atoms with E-state index < -0.39 is 17.9 Å². The van der Waals surface area contributed by atoms with Gasteiger partial charge in [0, 0.05) is 23.5 Å². The van der Waals surface area contributed by atoms with E-state index in [0.717, 1.165) is 12.3 Å². The summed E-state index contributed by atoms with van der Waals surface area (Å²) in [6.07, 6.45) is -3.46. The second-order valence-corrected chi connectivity index (χ2v) is 4.80. The summed E-state index contributed by atoms with van der Waals surface area (Å²) in [5.74, 6) is 0. The third-order valence-corrected chi connectivity index (χ3v) is 2.92. The smallest absolute Gasteiger partial charge is 0.334 e. The van der Waals surface area contributed by atoms with Gasteiger partial charge in [-0.25, -0.2) is 4.79 Å². The molecule has 116 valence electrons. The van der Waals surface area contributed by atoms with Gasteiger partial charge in [-0.15, -0.1) is 0 Å². The van der Waals surface area contributed by atoms with Gasteiger partial charge in [0.15, 0.2) is 0 Å². The molecule has 2 amide bonds. The summed E-state index contributed by atoms with van der Waals surface area (Å²) in [7, 11) is 0. The summed E-state index contributed by atoms with van der Waals surface area (Å²) < 4.78 is 37.5. The number of benzene rings is 1. The monoisotopic (exact) mass is 329 g/mol. The van der Waals surface area contributed by atoms with Crippen molar-refractivity contribution < 1.29 is 18.0 Å². The number of urea groups is 1. The predicted octanol–water partition coefficient (Wildman–Crippen LogP) is 4.08. The van der Waals surface area contributed by atoms with Crippen LogP contribution in [-0.4, -0.2) is 11.0 Å². The van der Waals surface area contributed by atoms with Crippen molar-refractivity contribution in [3.05, 3.63) is 58.9 Å². The van der Waals surface area contributed by atoms with Gasteiger partial charge in [0.05, 0.1) is 0 Å². The fraction of sp³-hybridized carbons (Fsp3) is 0.143. The van der Waals surface area contributed by atoms with Gasteiger partial charge in [-0.3, -0.25) is 4.98 Å². The van der Waals surface area contributed by atoms with Gasteiger partial charge in [-0.2, -0.15) is 13.2 Å². The first-order valence-electron chi connectivity index (χ1n) is 6.17. The van der Waals surface area contributed by atoms with E-state index in [0.29, 0.717) is 16.3 Å². The lowest BCUT2D eigenvalue weighted by Crippen LogP contribution is -2.28. The Kier molecular flexibility index (Phi) is 4.87. The number of hydrogen-bond donors (Lipinski definition) is 2. The minimum absolute atomic E-state index is 0.0506. The third-order valence-electron chi connectivity index (χ3n) is 2.67. The van der Waals surface area contributed by atoms with Crippen LogP contribution in [-0.2, 0) is 12.7 Å². The van der Waals surface area contributed by atoms with E-state index in [4.69, 9.17) is 11.6 Å². The molecule has 22 heavy (non-hydrogen) atoms. The quantitative estimate of drug-likeness (QED) is 0.891. The van der Waals surface area contributed by atoms with Crippen LogP contribution in [0.4, 0.5) is 23.7 Å². The van der Waals surface area contributed by atoms with Crippen molar-refractivity contribution in [3.63, 3.8) is 0 Å². The van der Waals surface area contributed by atoms with Crippen LogP contribution in [0.1, 0.15) is 11.3 Å². The normalized spacial score (nSPS) is 11.1. The van der Waals surface area contributed by atoms with Crippen molar-refractivity contribution >= 4 is 23.3 Å². The van der Waals surface area contributed by atoms with Crippen molar-refractivity contribution in [3.8, 4) is 0 Å². The van der Waals surface area contributed by atoms with Crippen molar-refractivity contribution in [1.82, 2.24) is 10.3 Å². The fourth-order valence-electron chi connectivity index (χ4n) is 1.63. The fourth-order valence-corrected chi connectivity index (χ4v) is 1.76. The second-order valence-electron chi connectivity index (χ2n) is 4.36. The van der Waals surface area contributed by atoms with E-state index >= 15 is 0 Å². The average Bonchev–Trinajstić information content (AvgIpc) is 2.47. The maximum absolute atomic E-state index is 12.5. The van der Waals surface area contributed by atoms with Gasteiger partial charge in [-0.1, -0.05) is 11.6 Å². The van der Waals surface area contributed by atoms with Gasteiger partial charge < -0.3 is 10.6 Å². The molecule has 0 radical (unpaired) electrons. The number of halogens is 4. The molecular weight excluding hydrogens is 319 g/mol. The van der Waals surface area contributed by atoms with Crippen LogP contribution in [0.15, 0.2) is 42.6 Å². The van der Waals surface area contributed by atoms with Crippen molar-refractivity contribution in [2.45, 2.75) is 12.7 Å². The number of amides is 2. The summed E-state index contributed by atoms with van der Waals surface area (Å²) in [6, 6.07) is 8.19. The Morgan fingerprint density at radius 3 is 2.50 bits per heavy atom. The number of nitrogens with one attached hydrogen (secondary N) is 2. The summed E-state index contributed by atoms with van der Waals surface area (Å²) >= 11 is 5.71. The van der Waals surface area contributed by atoms with Gasteiger partial charge in [-0.05, 0) is 42.0 Å². The zero-order valence-corrected chi connectivity index (χ0v) is 11.9. The van der Waals surface area contributed by atoms with Crippen LogP contribution in [0.3, 0.4) is 0 Å². The third kappa shape index (κ3) is 4.63. The lowest BCUT2D eigenvalue weighted by molar-refractivity contribution is -0.141. The zero-order chi connectivity index (χ0) is 16.2. The Morgan fingerprint density at radius 1 is 1.18 bits per heavy atom. The molecule has 2 rings (SSSR count). The molecule has 0 fully saturated rings. The first-order valence-corrected chi connectivity index (χ1v) is 6.55. The molecule has 0 unspecified atom stereocenters. The number of nitrogens with zero attached hydrogens (tertiary/aromatic N) is 1. The lowest BCUT2D eigenvalue weighted by atomic mass is 10.2. The number of pyridine rings is 1. The highest BCUT2D eigenvalue weighted by molar-refractivity contribution is 6.30. The topological polar surface area (TPSA) is 54.0 Å². The molecule has 0 saturated heterocycles. The van der Waals surface area contributed by atoms with Crippen LogP contribution in [0, 0.1) is 0 Å². The molecule has 8 heteroatoms. The highest BCUT2D eigenvalue weighted by Crippen LogP contribution is 2.27. The first-order chi connectivity index (χ1) is 10.3. The Balaban J connectivity index is 1.92. The van der Waals surface area contributed by atoms with Crippen molar-refractivity contribution in [2.24, 2.45) is 0 Å².